The van der Waals surface area contributed by atoms with Gasteiger partial charge in [0.15, 0.2) is 0 Å². The van der Waals surface area contributed by atoms with Crippen molar-refractivity contribution in [3.8, 4) is 5.75 Å². The summed E-state index contributed by atoms with van der Waals surface area (Å²) in [5, 5.41) is 3.89. The molecule has 0 saturated heterocycles. The highest BCUT2D eigenvalue weighted by Gasteiger charge is 2.07. The molecule has 4 nitrogen and oxygen atoms in total. The lowest BCUT2D eigenvalue weighted by Crippen LogP contribution is -2.19. The van der Waals surface area contributed by atoms with E-state index < -0.39 is 0 Å². The molecule has 102 valence electrons. The summed E-state index contributed by atoms with van der Waals surface area (Å²) in [5.74, 6) is 0.723. The van der Waals surface area contributed by atoms with E-state index in [0.29, 0.717) is 31.4 Å². The van der Waals surface area contributed by atoms with Crippen molar-refractivity contribution in [3.63, 3.8) is 0 Å². The standard InChI is InChI=1S/C13H20ClNO3/c1-16-7-6-15-10-11-4-3-5-12(14)13(11)18-9-8-17-2/h3-5,15H,6-10H2,1-2H3. The number of rotatable bonds is 9. The Morgan fingerprint density at radius 3 is 2.61 bits per heavy atom. The number of nitrogens with one attached hydrogen (secondary N) is 1. The summed E-state index contributed by atoms with van der Waals surface area (Å²) in [5.41, 5.74) is 1.04. The number of benzene rings is 1. The van der Waals surface area contributed by atoms with E-state index in [1.165, 1.54) is 0 Å². The van der Waals surface area contributed by atoms with Gasteiger partial charge in [-0.15, -0.1) is 0 Å². The van der Waals surface area contributed by atoms with Crippen LogP contribution in [0.5, 0.6) is 5.75 Å². The first-order chi connectivity index (χ1) is 8.79. The molecule has 0 aliphatic carbocycles. The lowest BCUT2D eigenvalue weighted by atomic mass is 10.2. The molecule has 0 fully saturated rings. The van der Waals surface area contributed by atoms with Crippen LogP contribution in [-0.2, 0) is 16.0 Å². The van der Waals surface area contributed by atoms with Gasteiger partial charge in [-0.05, 0) is 6.07 Å². The molecule has 5 heteroatoms. The highest BCUT2D eigenvalue weighted by molar-refractivity contribution is 6.32. The van der Waals surface area contributed by atoms with Gasteiger partial charge in [0.1, 0.15) is 12.4 Å². The third-order valence-corrected chi connectivity index (χ3v) is 2.68. The van der Waals surface area contributed by atoms with Crippen molar-refractivity contribution in [3.05, 3.63) is 28.8 Å². The highest BCUT2D eigenvalue weighted by Crippen LogP contribution is 2.28. The Labute approximate surface area is 113 Å². The molecule has 0 atom stereocenters. The van der Waals surface area contributed by atoms with Gasteiger partial charge in [0, 0.05) is 32.9 Å². The van der Waals surface area contributed by atoms with Crippen LogP contribution < -0.4 is 10.1 Å². The predicted octanol–water partition coefficient (Wildman–Crippen LogP) is 2.10. The van der Waals surface area contributed by atoms with Crippen LogP contribution >= 0.6 is 11.6 Å². The van der Waals surface area contributed by atoms with Gasteiger partial charge in [0.05, 0.1) is 18.2 Å². The highest BCUT2D eigenvalue weighted by atomic mass is 35.5. The van der Waals surface area contributed by atoms with Crippen molar-refractivity contribution in [2.45, 2.75) is 6.54 Å². The molecule has 0 radical (unpaired) electrons. The number of hydrogen-bond donors (Lipinski definition) is 1. The van der Waals surface area contributed by atoms with Crippen molar-refractivity contribution in [2.24, 2.45) is 0 Å². The van der Waals surface area contributed by atoms with Crippen LogP contribution in [0.2, 0.25) is 5.02 Å². The average Bonchev–Trinajstić information content (AvgIpc) is 2.37. The molecule has 0 aliphatic heterocycles. The zero-order chi connectivity index (χ0) is 13.2. The summed E-state index contributed by atoms with van der Waals surface area (Å²) >= 11 is 6.13. The number of halogens is 1. The fraction of sp³-hybridized carbons (Fsp3) is 0.538. The monoisotopic (exact) mass is 273 g/mol. The van der Waals surface area contributed by atoms with Gasteiger partial charge in [-0.25, -0.2) is 0 Å². The molecule has 1 aromatic carbocycles. The number of ether oxygens (including phenoxy) is 3. The Morgan fingerprint density at radius 1 is 1.11 bits per heavy atom. The first-order valence-electron chi connectivity index (χ1n) is 5.88. The molecule has 0 unspecified atom stereocenters. The van der Waals surface area contributed by atoms with E-state index in [9.17, 15) is 0 Å². The van der Waals surface area contributed by atoms with Gasteiger partial charge in [0.25, 0.3) is 0 Å². The summed E-state index contributed by atoms with van der Waals surface area (Å²) in [7, 11) is 3.32. The second kappa shape index (κ2) is 9.16. The minimum Gasteiger partial charge on any atom is -0.489 e. The second-order valence-electron chi connectivity index (χ2n) is 3.74. The lowest BCUT2D eigenvalue weighted by molar-refractivity contribution is 0.145. The molecule has 0 aliphatic rings. The fourth-order valence-corrected chi connectivity index (χ4v) is 1.73. The fourth-order valence-electron chi connectivity index (χ4n) is 1.48. The summed E-state index contributed by atoms with van der Waals surface area (Å²) in [6, 6.07) is 5.73. The van der Waals surface area contributed by atoms with Crippen molar-refractivity contribution in [1.82, 2.24) is 5.32 Å². The van der Waals surface area contributed by atoms with Crippen molar-refractivity contribution >= 4 is 11.6 Å². The molecule has 0 heterocycles. The first kappa shape index (κ1) is 15.2. The summed E-state index contributed by atoms with van der Waals surface area (Å²) in [4.78, 5) is 0. The molecule has 0 spiro atoms. The summed E-state index contributed by atoms with van der Waals surface area (Å²) in [6.45, 7) is 3.21. The van der Waals surface area contributed by atoms with Crippen LogP contribution in [0, 0.1) is 0 Å². The lowest BCUT2D eigenvalue weighted by Gasteiger charge is -2.13. The second-order valence-corrected chi connectivity index (χ2v) is 4.15. The van der Waals surface area contributed by atoms with Gasteiger partial charge in [-0.3, -0.25) is 0 Å². The van der Waals surface area contributed by atoms with E-state index in [4.69, 9.17) is 25.8 Å². The topological polar surface area (TPSA) is 39.7 Å². The Bertz CT molecular complexity index is 347. The van der Waals surface area contributed by atoms with Crippen molar-refractivity contribution in [2.75, 3.05) is 40.6 Å². The van der Waals surface area contributed by atoms with Gasteiger partial charge in [-0.1, -0.05) is 23.7 Å². The zero-order valence-corrected chi connectivity index (χ0v) is 11.6. The van der Waals surface area contributed by atoms with Crippen LogP contribution in [0.25, 0.3) is 0 Å². The Kier molecular flexibility index (Phi) is 7.76. The molecule has 1 N–H and O–H groups in total. The van der Waals surface area contributed by atoms with E-state index in [2.05, 4.69) is 5.32 Å². The maximum absolute atomic E-state index is 6.13. The molecule has 0 bridgehead atoms. The van der Waals surface area contributed by atoms with E-state index in [1.807, 2.05) is 18.2 Å². The van der Waals surface area contributed by atoms with Gasteiger partial charge in [-0.2, -0.15) is 0 Å². The predicted molar refractivity (Wildman–Crippen MR) is 72.4 cm³/mol. The van der Waals surface area contributed by atoms with Gasteiger partial charge >= 0.3 is 0 Å². The first-order valence-corrected chi connectivity index (χ1v) is 6.26. The van der Waals surface area contributed by atoms with E-state index in [-0.39, 0.29) is 0 Å². The average molecular weight is 274 g/mol. The Balaban J connectivity index is 2.56. The molecule has 0 amide bonds. The maximum atomic E-state index is 6.13. The quantitative estimate of drug-likeness (QED) is 0.700. The third-order valence-electron chi connectivity index (χ3n) is 2.38. The molecular formula is C13H20ClNO3. The van der Waals surface area contributed by atoms with Crippen molar-refractivity contribution in [1.29, 1.82) is 0 Å². The molecule has 0 saturated carbocycles. The van der Waals surface area contributed by atoms with Crippen LogP contribution in [0.4, 0.5) is 0 Å². The number of para-hydroxylation sites is 1. The molecule has 0 aromatic heterocycles. The van der Waals surface area contributed by atoms with Crippen LogP contribution in [0.3, 0.4) is 0 Å². The van der Waals surface area contributed by atoms with E-state index >= 15 is 0 Å². The largest absolute Gasteiger partial charge is 0.489 e. The smallest absolute Gasteiger partial charge is 0.142 e. The summed E-state index contributed by atoms with van der Waals surface area (Å²) < 4.78 is 15.6. The molecule has 1 aromatic rings. The van der Waals surface area contributed by atoms with Gasteiger partial charge in [0.2, 0.25) is 0 Å². The normalized spacial score (nSPS) is 10.6. The summed E-state index contributed by atoms with van der Waals surface area (Å²) in [6.07, 6.45) is 0. The SMILES string of the molecule is COCCNCc1cccc(Cl)c1OCCOC. The molecule has 1 rings (SSSR count). The Hall–Kier alpha value is -0.810. The van der Waals surface area contributed by atoms with Crippen LogP contribution in [0.1, 0.15) is 5.56 Å². The van der Waals surface area contributed by atoms with Crippen molar-refractivity contribution < 1.29 is 14.2 Å². The van der Waals surface area contributed by atoms with E-state index in [1.54, 1.807) is 14.2 Å². The third kappa shape index (κ3) is 5.23. The van der Waals surface area contributed by atoms with E-state index in [0.717, 1.165) is 17.9 Å². The van der Waals surface area contributed by atoms with Gasteiger partial charge < -0.3 is 19.5 Å². The van der Waals surface area contributed by atoms with Crippen LogP contribution in [-0.4, -0.2) is 40.6 Å². The Morgan fingerprint density at radius 2 is 1.89 bits per heavy atom. The number of hydrogen-bond acceptors (Lipinski definition) is 4. The number of methoxy groups -OCH3 is 2. The van der Waals surface area contributed by atoms with Crippen LogP contribution in [0.15, 0.2) is 18.2 Å². The zero-order valence-electron chi connectivity index (χ0n) is 10.9. The molecule has 18 heavy (non-hydrogen) atoms. The molecular weight excluding hydrogens is 254 g/mol. The maximum Gasteiger partial charge on any atom is 0.142 e. The minimum atomic E-state index is 0.491. The minimum absolute atomic E-state index is 0.491.